The van der Waals surface area contributed by atoms with Crippen LogP contribution in [0.3, 0.4) is 0 Å². The van der Waals surface area contributed by atoms with Crippen molar-refractivity contribution in [2.24, 2.45) is 33.7 Å². The summed E-state index contributed by atoms with van der Waals surface area (Å²) in [5.74, 6) is -1.15. The van der Waals surface area contributed by atoms with Crippen molar-refractivity contribution in [2.45, 2.75) is 118 Å². The Kier molecular flexibility index (Phi) is 12.2. The summed E-state index contributed by atoms with van der Waals surface area (Å²) < 4.78 is 12.1. The number of nitrogens with one attached hydrogen (secondary N) is 4. The van der Waals surface area contributed by atoms with E-state index in [0.717, 1.165) is 6.42 Å². The number of aliphatic imine (C=N–C) groups is 2. The summed E-state index contributed by atoms with van der Waals surface area (Å²) in [5.41, 5.74) is 0.413. The van der Waals surface area contributed by atoms with Gasteiger partial charge in [0.25, 0.3) is 11.8 Å². The van der Waals surface area contributed by atoms with Crippen LogP contribution >= 0.6 is 22.7 Å². The summed E-state index contributed by atoms with van der Waals surface area (Å²) in [6.45, 7) is 17.6. The fourth-order valence-electron chi connectivity index (χ4n) is 6.03. The lowest BCUT2D eigenvalue weighted by molar-refractivity contribution is -0.125. The highest BCUT2D eigenvalue weighted by Crippen LogP contribution is 2.29. The second kappa shape index (κ2) is 16.2. The highest BCUT2D eigenvalue weighted by atomic mass is 32.1. The third-order valence-corrected chi connectivity index (χ3v) is 11.6. The maximum absolute atomic E-state index is 13.8. The molecule has 4 amide bonds. The Bertz CT molecular complexity index is 1670. The van der Waals surface area contributed by atoms with Gasteiger partial charge in [0.05, 0.1) is 12.1 Å². The SMILES string of the molecule is CC[C@H](C)[C@@H]1NC(=O)c2csc(n2)[C@@H](C(C)C)NC(=O)[C@H]2N=C(O[C@@H]2C)[C@H]([C@@H](C)CC)NC(=O)c2csc(n2)C(C(C)C)NC(=O)[C@@H]2COC1=N2. The average Bonchev–Trinajstić information content (AvgIpc) is 3.92. The lowest BCUT2D eigenvalue weighted by atomic mass is 9.98. The average molecular weight is 743 g/mol. The molecule has 5 rings (SSSR count). The fraction of sp³-hybridized carbons (Fsp3) is 0.657. The molecule has 4 N–H and O–H groups in total. The second-order valence-corrected chi connectivity index (χ2v) is 16.1. The van der Waals surface area contributed by atoms with Crippen LogP contribution in [0.15, 0.2) is 20.7 Å². The molecule has 0 radical (unpaired) electrons. The van der Waals surface area contributed by atoms with Gasteiger partial charge in [0.2, 0.25) is 23.6 Å². The van der Waals surface area contributed by atoms with Crippen molar-refractivity contribution in [1.29, 1.82) is 0 Å². The van der Waals surface area contributed by atoms with Crippen LogP contribution in [0.4, 0.5) is 0 Å². The summed E-state index contributed by atoms with van der Waals surface area (Å²) >= 11 is 2.57. The summed E-state index contributed by atoms with van der Waals surface area (Å²) in [6.07, 6.45) is 0.849. The minimum atomic E-state index is -0.855. The Balaban J connectivity index is 1.53. The molecular weight excluding hydrogens is 693 g/mol. The first-order valence-corrected chi connectivity index (χ1v) is 19.6. The minimum Gasteiger partial charge on any atom is -0.477 e. The van der Waals surface area contributed by atoms with E-state index in [0.29, 0.717) is 16.4 Å². The van der Waals surface area contributed by atoms with Gasteiger partial charge in [-0.3, -0.25) is 19.2 Å². The predicted octanol–water partition coefficient (Wildman–Crippen LogP) is 4.21. The zero-order valence-electron chi connectivity index (χ0n) is 30.7. The molecule has 2 aromatic rings. The molecule has 278 valence electrons. The lowest BCUT2D eigenvalue weighted by Crippen LogP contribution is -2.45. The monoisotopic (exact) mass is 742 g/mol. The highest BCUT2D eigenvalue weighted by Gasteiger charge is 2.40. The second-order valence-electron chi connectivity index (χ2n) is 14.3. The molecule has 3 aliphatic heterocycles. The van der Waals surface area contributed by atoms with E-state index < -0.39 is 54.2 Å². The summed E-state index contributed by atoms with van der Waals surface area (Å²) in [5, 5.41) is 16.7. The largest absolute Gasteiger partial charge is 0.477 e. The van der Waals surface area contributed by atoms with Gasteiger partial charge in [-0.1, -0.05) is 68.2 Å². The number of hydrogen-bond donors (Lipinski definition) is 4. The van der Waals surface area contributed by atoms with Crippen molar-refractivity contribution in [2.75, 3.05) is 6.61 Å². The van der Waals surface area contributed by atoms with E-state index in [9.17, 15) is 19.2 Å². The molecule has 2 aromatic heterocycles. The van der Waals surface area contributed by atoms with Gasteiger partial charge >= 0.3 is 0 Å². The summed E-state index contributed by atoms with van der Waals surface area (Å²) in [6, 6.07) is -3.85. The third kappa shape index (κ3) is 8.43. The van der Waals surface area contributed by atoms with E-state index in [1.54, 1.807) is 17.7 Å². The van der Waals surface area contributed by atoms with Crippen LogP contribution in [0.25, 0.3) is 0 Å². The topological polar surface area (TPSA) is 185 Å². The molecule has 0 fully saturated rings. The maximum atomic E-state index is 13.8. The molecule has 16 heteroatoms. The van der Waals surface area contributed by atoms with Crippen molar-refractivity contribution in [3.05, 3.63) is 32.2 Å². The van der Waals surface area contributed by atoms with E-state index in [2.05, 4.69) is 36.2 Å². The number of fused-ring (bicyclic) bond motifs is 6. The standard InChI is InChI=1S/C35H50N8O6S2/c1-10-17(7)25-32-36-20(12-48-32)28(44)39-23(15(3)4)34-37-22(14-50-34)30(46)42-26(18(8)11-2)33-43-27(19(9)49-33)31(47)40-24(16(5)6)35-38-21(13-51-35)29(45)41-25/h13-20,23-27H,10-12H2,1-9H3,(H,39,44)(H,40,47)(H,41,45)(H,42,46)/t17-,18-,19+,20-,23?,24+,25-,26-,27-/m0/s1. The van der Waals surface area contributed by atoms with Crippen LogP contribution in [0.1, 0.15) is 118 Å². The van der Waals surface area contributed by atoms with Crippen molar-refractivity contribution >= 4 is 58.1 Å². The van der Waals surface area contributed by atoms with E-state index >= 15 is 0 Å². The quantitative estimate of drug-likeness (QED) is 0.339. The molecule has 0 aromatic carbocycles. The van der Waals surface area contributed by atoms with Crippen LogP contribution in [0, 0.1) is 23.7 Å². The zero-order valence-corrected chi connectivity index (χ0v) is 32.3. The van der Waals surface area contributed by atoms with Gasteiger partial charge in [0, 0.05) is 10.8 Å². The van der Waals surface area contributed by atoms with Crippen molar-refractivity contribution < 1.29 is 28.7 Å². The number of hydrogen-bond acceptors (Lipinski definition) is 12. The van der Waals surface area contributed by atoms with Gasteiger partial charge in [-0.15, -0.1) is 22.7 Å². The molecule has 0 aliphatic carbocycles. The molecule has 0 spiro atoms. The Labute approximate surface area is 307 Å². The van der Waals surface area contributed by atoms with Crippen LogP contribution in [0.5, 0.6) is 0 Å². The molecule has 8 bridgehead atoms. The Morgan fingerprint density at radius 1 is 0.706 bits per heavy atom. The molecule has 5 heterocycles. The number of carbonyl (C=O) groups is 4. The normalized spacial score (nSPS) is 28.7. The summed E-state index contributed by atoms with van der Waals surface area (Å²) in [4.78, 5) is 73.2. The molecule has 1 unspecified atom stereocenters. The number of ether oxygens (including phenoxy) is 2. The number of amides is 4. The molecule has 0 saturated heterocycles. The number of aromatic nitrogens is 2. The van der Waals surface area contributed by atoms with E-state index in [1.165, 1.54) is 22.7 Å². The maximum Gasteiger partial charge on any atom is 0.271 e. The molecular formula is C35H50N8O6S2. The van der Waals surface area contributed by atoms with E-state index in [4.69, 9.17) is 14.5 Å². The smallest absolute Gasteiger partial charge is 0.271 e. The summed E-state index contributed by atoms with van der Waals surface area (Å²) in [7, 11) is 0. The lowest BCUT2D eigenvalue weighted by Gasteiger charge is -2.24. The van der Waals surface area contributed by atoms with Crippen molar-refractivity contribution in [1.82, 2.24) is 31.2 Å². The first-order valence-electron chi connectivity index (χ1n) is 17.8. The third-order valence-electron chi connectivity index (χ3n) is 9.76. The molecule has 9 atom stereocenters. The molecule has 0 saturated carbocycles. The van der Waals surface area contributed by atoms with Crippen LogP contribution in [0.2, 0.25) is 0 Å². The fourth-order valence-corrected chi connectivity index (χ4v) is 8.07. The van der Waals surface area contributed by atoms with Gasteiger partial charge in [-0.25, -0.2) is 20.0 Å². The van der Waals surface area contributed by atoms with Crippen molar-refractivity contribution in [3.63, 3.8) is 0 Å². The zero-order chi connectivity index (χ0) is 37.1. The first kappa shape index (κ1) is 38.3. The van der Waals surface area contributed by atoms with E-state index in [-0.39, 0.29) is 65.3 Å². The number of thiazole rings is 2. The Morgan fingerprint density at radius 2 is 1.20 bits per heavy atom. The van der Waals surface area contributed by atoms with Crippen LogP contribution in [-0.4, -0.2) is 82.3 Å². The van der Waals surface area contributed by atoms with Gasteiger partial charge in [-0.2, -0.15) is 0 Å². The van der Waals surface area contributed by atoms with Gasteiger partial charge in [-0.05, 0) is 30.6 Å². The Morgan fingerprint density at radius 3 is 1.69 bits per heavy atom. The number of carbonyl (C=O) groups excluding carboxylic acids is 4. The minimum absolute atomic E-state index is 0.0273. The van der Waals surface area contributed by atoms with Crippen molar-refractivity contribution in [3.8, 4) is 0 Å². The van der Waals surface area contributed by atoms with Crippen LogP contribution < -0.4 is 21.3 Å². The number of rotatable bonds is 6. The highest BCUT2D eigenvalue weighted by molar-refractivity contribution is 7.10. The van der Waals surface area contributed by atoms with E-state index in [1.807, 2.05) is 55.4 Å². The number of nitrogens with zero attached hydrogens (tertiary/aromatic N) is 4. The predicted molar refractivity (Wildman–Crippen MR) is 196 cm³/mol. The van der Waals surface area contributed by atoms with Gasteiger partial charge in [0.15, 0.2) is 12.1 Å². The Hall–Kier alpha value is -3.92. The van der Waals surface area contributed by atoms with Gasteiger partial charge in [0.1, 0.15) is 46.2 Å². The van der Waals surface area contributed by atoms with Gasteiger partial charge < -0.3 is 30.7 Å². The first-order chi connectivity index (χ1) is 24.2. The molecule has 51 heavy (non-hydrogen) atoms. The molecule has 3 aliphatic rings. The molecule has 14 nitrogen and oxygen atoms in total. The van der Waals surface area contributed by atoms with Crippen LogP contribution in [-0.2, 0) is 19.1 Å².